The van der Waals surface area contributed by atoms with E-state index in [1.54, 1.807) is 13.8 Å². The van der Waals surface area contributed by atoms with E-state index in [0.717, 1.165) is 12.1 Å². The summed E-state index contributed by atoms with van der Waals surface area (Å²) in [5.41, 5.74) is -1.55. The molecule has 0 spiro atoms. The van der Waals surface area contributed by atoms with Crippen molar-refractivity contribution >= 4 is 5.78 Å². The van der Waals surface area contributed by atoms with E-state index in [-0.39, 0.29) is 23.9 Å². The predicted molar refractivity (Wildman–Crippen MR) is 87.5 cm³/mol. The molecule has 0 aliphatic carbocycles. The topological polar surface area (TPSA) is 62.8 Å². The number of H-pyrrole nitrogens is 1. The van der Waals surface area contributed by atoms with Gasteiger partial charge in [-0.25, -0.2) is 9.37 Å². The van der Waals surface area contributed by atoms with E-state index in [4.69, 9.17) is 0 Å². The number of ketones is 1. The Kier molecular flexibility index (Phi) is 5.63. The largest absolute Gasteiger partial charge is 0.419 e. The van der Waals surface area contributed by atoms with Gasteiger partial charge in [0.25, 0.3) is 5.56 Å². The number of nitrogens with one attached hydrogen (secondary N) is 1. The van der Waals surface area contributed by atoms with Gasteiger partial charge in [-0.1, -0.05) is 19.9 Å². The standard InChI is InChI=1S/C18H18F4N2O2/c1-9(2)12(7-16(25)15-8-17(26)24-10(3)23-15)11-4-5-13(14(19)6-11)18(20,21)22/h4-6,8-9,12H,7H2,1-3H3,(H,23,24,26)/t12-/m1/s1. The number of rotatable bonds is 5. The molecule has 1 atom stereocenters. The molecule has 1 aromatic carbocycles. The minimum Gasteiger partial charge on any atom is -0.311 e. The van der Waals surface area contributed by atoms with Gasteiger partial charge < -0.3 is 4.98 Å². The molecule has 0 radical (unpaired) electrons. The van der Waals surface area contributed by atoms with Crippen molar-refractivity contribution in [3.8, 4) is 0 Å². The molecule has 1 heterocycles. The van der Waals surface area contributed by atoms with Crippen molar-refractivity contribution in [3.63, 3.8) is 0 Å². The van der Waals surface area contributed by atoms with E-state index in [2.05, 4.69) is 9.97 Å². The zero-order valence-corrected chi connectivity index (χ0v) is 14.4. The van der Waals surface area contributed by atoms with Crippen molar-refractivity contribution in [2.45, 2.75) is 39.3 Å². The van der Waals surface area contributed by atoms with Gasteiger partial charge in [0.15, 0.2) is 5.78 Å². The average Bonchev–Trinajstić information content (AvgIpc) is 2.49. The first-order valence-corrected chi connectivity index (χ1v) is 7.97. The maximum Gasteiger partial charge on any atom is 0.419 e. The SMILES string of the molecule is Cc1nc(C(=O)C[C@@H](c2ccc(C(F)(F)F)c(F)c2)C(C)C)cc(=O)[nH]1. The summed E-state index contributed by atoms with van der Waals surface area (Å²) in [7, 11) is 0. The number of halogens is 4. The molecule has 2 rings (SSSR count). The third-order valence-corrected chi connectivity index (χ3v) is 4.08. The molecular weight excluding hydrogens is 352 g/mol. The maximum atomic E-state index is 13.9. The Bertz CT molecular complexity index is 872. The molecule has 0 aliphatic rings. The Labute approximate surface area is 147 Å². The number of nitrogens with zero attached hydrogens (tertiary/aromatic N) is 1. The number of hydrogen-bond donors (Lipinski definition) is 1. The lowest BCUT2D eigenvalue weighted by atomic mass is 9.83. The first kappa shape index (κ1) is 19.8. The minimum absolute atomic E-state index is 0.0238. The van der Waals surface area contributed by atoms with Crippen LogP contribution in [0.3, 0.4) is 0 Å². The summed E-state index contributed by atoms with van der Waals surface area (Å²) in [4.78, 5) is 30.3. The molecule has 1 N–H and O–H groups in total. The minimum atomic E-state index is -4.78. The monoisotopic (exact) mass is 370 g/mol. The molecule has 4 nitrogen and oxygen atoms in total. The summed E-state index contributed by atoms with van der Waals surface area (Å²) in [6.07, 6.45) is -4.88. The second-order valence-electron chi connectivity index (χ2n) is 6.43. The fourth-order valence-corrected chi connectivity index (χ4v) is 2.76. The molecule has 0 bridgehead atoms. The van der Waals surface area contributed by atoms with E-state index < -0.39 is 34.8 Å². The Morgan fingerprint density at radius 1 is 1.23 bits per heavy atom. The average molecular weight is 370 g/mol. The number of carbonyl (C=O) groups is 1. The van der Waals surface area contributed by atoms with Gasteiger partial charge in [0.2, 0.25) is 0 Å². The second-order valence-corrected chi connectivity index (χ2v) is 6.43. The van der Waals surface area contributed by atoms with Crippen LogP contribution in [0.2, 0.25) is 0 Å². The number of benzene rings is 1. The van der Waals surface area contributed by atoms with Crippen molar-refractivity contribution < 1.29 is 22.4 Å². The normalized spacial score (nSPS) is 13.1. The van der Waals surface area contributed by atoms with E-state index in [1.165, 1.54) is 13.0 Å². The van der Waals surface area contributed by atoms with Crippen molar-refractivity contribution in [1.82, 2.24) is 9.97 Å². The summed E-state index contributed by atoms with van der Waals surface area (Å²) in [5.74, 6) is -2.18. The molecular formula is C18H18F4N2O2. The summed E-state index contributed by atoms with van der Waals surface area (Å²) in [6, 6.07) is 3.75. The molecule has 0 fully saturated rings. The molecule has 26 heavy (non-hydrogen) atoms. The summed E-state index contributed by atoms with van der Waals surface area (Å²) in [6.45, 7) is 5.09. The Hall–Kier alpha value is -2.51. The molecule has 8 heteroatoms. The van der Waals surface area contributed by atoms with Crippen molar-refractivity contribution in [1.29, 1.82) is 0 Å². The molecule has 0 aliphatic heterocycles. The van der Waals surface area contributed by atoms with Gasteiger partial charge in [-0.15, -0.1) is 0 Å². The van der Waals surface area contributed by atoms with E-state index in [0.29, 0.717) is 11.6 Å². The highest BCUT2D eigenvalue weighted by Crippen LogP contribution is 2.35. The van der Waals surface area contributed by atoms with Gasteiger partial charge in [-0.05, 0) is 36.5 Å². The van der Waals surface area contributed by atoms with Crippen LogP contribution in [0.4, 0.5) is 17.6 Å². The first-order chi connectivity index (χ1) is 12.0. The predicted octanol–water partition coefficient (Wildman–Crippen LogP) is 4.25. The Morgan fingerprint density at radius 2 is 1.88 bits per heavy atom. The fraction of sp³-hybridized carbons (Fsp3) is 0.389. The van der Waals surface area contributed by atoms with Crippen molar-refractivity contribution in [2.24, 2.45) is 5.92 Å². The highest BCUT2D eigenvalue weighted by Gasteiger charge is 2.34. The van der Waals surface area contributed by atoms with Crippen LogP contribution in [0.5, 0.6) is 0 Å². The molecule has 0 saturated heterocycles. The van der Waals surface area contributed by atoms with Crippen LogP contribution >= 0.6 is 0 Å². The third-order valence-electron chi connectivity index (χ3n) is 4.08. The van der Waals surface area contributed by atoms with Gasteiger partial charge >= 0.3 is 6.18 Å². The lowest BCUT2D eigenvalue weighted by molar-refractivity contribution is -0.140. The molecule has 2 aromatic rings. The molecule has 0 amide bonds. The zero-order chi connectivity index (χ0) is 19.6. The van der Waals surface area contributed by atoms with Gasteiger partial charge in [0.1, 0.15) is 17.3 Å². The summed E-state index contributed by atoms with van der Waals surface area (Å²) in [5, 5.41) is 0. The first-order valence-electron chi connectivity index (χ1n) is 7.97. The number of Topliss-reactive ketones (excluding diaryl/α,β-unsaturated/α-hetero) is 1. The lowest BCUT2D eigenvalue weighted by Gasteiger charge is -2.21. The Morgan fingerprint density at radius 3 is 2.38 bits per heavy atom. The van der Waals surface area contributed by atoms with E-state index in [9.17, 15) is 27.2 Å². The maximum absolute atomic E-state index is 13.9. The summed E-state index contributed by atoms with van der Waals surface area (Å²) >= 11 is 0. The smallest absolute Gasteiger partial charge is 0.311 e. The van der Waals surface area contributed by atoms with Gasteiger partial charge in [0.05, 0.1) is 5.56 Å². The van der Waals surface area contributed by atoms with Crippen LogP contribution in [0.15, 0.2) is 29.1 Å². The molecule has 1 aromatic heterocycles. The number of hydrogen-bond acceptors (Lipinski definition) is 3. The zero-order valence-electron chi connectivity index (χ0n) is 14.4. The number of alkyl halides is 3. The van der Waals surface area contributed by atoms with Crippen molar-refractivity contribution in [3.05, 3.63) is 63.1 Å². The van der Waals surface area contributed by atoms with Crippen LogP contribution in [0.1, 0.15) is 53.6 Å². The van der Waals surface area contributed by atoms with E-state index >= 15 is 0 Å². The quantitative estimate of drug-likeness (QED) is 0.632. The number of aromatic amines is 1. The summed E-state index contributed by atoms with van der Waals surface area (Å²) < 4.78 is 52.0. The van der Waals surface area contributed by atoms with Crippen LogP contribution in [-0.4, -0.2) is 15.8 Å². The van der Waals surface area contributed by atoms with Crippen LogP contribution in [0, 0.1) is 18.7 Å². The van der Waals surface area contributed by atoms with E-state index in [1.807, 2.05) is 0 Å². The number of aromatic nitrogens is 2. The number of aryl methyl sites for hydroxylation is 1. The second kappa shape index (κ2) is 7.39. The van der Waals surface area contributed by atoms with Gasteiger partial charge in [-0.2, -0.15) is 13.2 Å². The van der Waals surface area contributed by atoms with Gasteiger partial charge in [-0.3, -0.25) is 9.59 Å². The highest BCUT2D eigenvalue weighted by atomic mass is 19.4. The third kappa shape index (κ3) is 4.56. The van der Waals surface area contributed by atoms with Gasteiger partial charge in [0, 0.05) is 12.5 Å². The van der Waals surface area contributed by atoms with Crippen LogP contribution in [0.25, 0.3) is 0 Å². The number of carbonyl (C=O) groups excluding carboxylic acids is 1. The lowest BCUT2D eigenvalue weighted by Crippen LogP contribution is -2.18. The van der Waals surface area contributed by atoms with Crippen LogP contribution < -0.4 is 5.56 Å². The highest BCUT2D eigenvalue weighted by molar-refractivity contribution is 5.94. The molecule has 0 unspecified atom stereocenters. The van der Waals surface area contributed by atoms with Crippen LogP contribution in [-0.2, 0) is 6.18 Å². The van der Waals surface area contributed by atoms with Crippen molar-refractivity contribution in [2.75, 3.05) is 0 Å². The molecule has 140 valence electrons. The fourth-order valence-electron chi connectivity index (χ4n) is 2.76. The Balaban J connectivity index is 2.33. The molecule has 0 saturated carbocycles.